The van der Waals surface area contributed by atoms with Crippen LogP contribution < -0.4 is 20.9 Å². The van der Waals surface area contributed by atoms with Crippen LogP contribution in [0.15, 0.2) is 48.5 Å². The molecule has 0 saturated heterocycles. The predicted octanol–water partition coefficient (Wildman–Crippen LogP) is 1.80. The minimum absolute atomic E-state index is 0.121. The summed E-state index contributed by atoms with van der Waals surface area (Å²) < 4.78 is 5.31. The van der Waals surface area contributed by atoms with Gasteiger partial charge in [0.2, 0.25) is 5.91 Å². The fourth-order valence-corrected chi connectivity index (χ4v) is 2.13. The van der Waals surface area contributed by atoms with Crippen LogP contribution >= 0.6 is 0 Å². The van der Waals surface area contributed by atoms with E-state index < -0.39 is 11.8 Å². The van der Waals surface area contributed by atoms with Crippen LogP contribution in [0, 0.1) is 0 Å². The topological polar surface area (TPSA) is 96.5 Å². The molecule has 0 bridgehead atoms. The average Bonchev–Trinajstić information content (AvgIpc) is 2.65. The lowest BCUT2D eigenvalue weighted by atomic mass is 10.1. The van der Waals surface area contributed by atoms with E-state index >= 15 is 0 Å². The zero-order valence-corrected chi connectivity index (χ0v) is 14.7. The van der Waals surface area contributed by atoms with E-state index in [9.17, 15) is 14.4 Å². The third kappa shape index (κ3) is 5.62. The molecule has 0 aliphatic carbocycles. The predicted molar refractivity (Wildman–Crippen MR) is 96.5 cm³/mol. The molecular weight excluding hydrogens is 334 g/mol. The highest BCUT2D eigenvalue weighted by molar-refractivity contribution is 5.99. The largest absolute Gasteiger partial charge is 0.494 e. The van der Waals surface area contributed by atoms with Crippen molar-refractivity contribution in [1.82, 2.24) is 16.2 Å². The maximum Gasteiger partial charge on any atom is 0.269 e. The first-order valence-corrected chi connectivity index (χ1v) is 8.16. The number of ether oxygens (including phenoxy) is 1. The molecule has 0 radical (unpaired) electrons. The monoisotopic (exact) mass is 355 g/mol. The molecule has 0 unspecified atom stereocenters. The van der Waals surface area contributed by atoms with Crippen LogP contribution in [0.1, 0.15) is 40.1 Å². The third-order valence-electron chi connectivity index (χ3n) is 3.47. The maximum atomic E-state index is 12.1. The van der Waals surface area contributed by atoms with Gasteiger partial charge in [-0.1, -0.05) is 12.1 Å². The lowest BCUT2D eigenvalue weighted by molar-refractivity contribution is -0.119. The van der Waals surface area contributed by atoms with Crippen molar-refractivity contribution in [3.05, 3.63) is 65.2 Å². The van der Waals surface area contributed by atoms with Gasteiger partial charge in [0, 0.05) is 24.6 Å². The van der Waals surface area contributed by atoms with Gasteiger partial charge in [-0.25, -0.2) is 0 Å². The molecule has 0 spiro atoms. The Morgan fingerprint density at radius 2 is 1.35 bits per heavy atom. The lowest BCUT2D eigenvalue weighted by Crippen LogP contribution is -2.41. The summed E-state index contributed by atoms with van der Waals surface area (Å²) in [5, 5.41) is 2.68. The zero-order valence-electron chi connectivity index (χ0n) is 14.7. The van der Waals surface area contributed by atoms with E-state index in [-0.39, 0.29) is 5.91 Å². The van der Waals surface area contributed by atoms with Crippen LogP contribution in [0.4, 0.5) is 0 Å². The van der Waals surface area contributed by atoms with E-state index in [1.54, 1.807) is 48.5 Å². The second kappa shape index (κ2) is 9.22. The summed E-state index contributed by atoms with van der Waals surface area (Å²) in [7, 11) is 0. The van der Waals surface area contributed by atoms with Crippen LogP contribution in [0.3, 0.4) is 0 Å². The van der Waals surface area contributed by atoms with Crippen LogP contribution in [-0.4, -0.2) is 24.3 Å². The van der Waals surface area contributed by atoms with Gasteiger partial charge >= 0.3 is 0 Å². The van der Waals surface area contributed by atoms with Crippen molar-refractivity contribution in [2.24, 2.45) is 0 Å². The van der Waals surface area contributed by atoms with Crippen molar-refractivity contribution in [3.8, 4) is 5.75 Å². The van der Waals surface area contributed by atoms with Gasteiger partial charge < -0.3 is 10.1 Å². The van der Waals surface area contributed by atoms with E-state index in [4.69, 9.17) is 4.74 Å². The van der Waals surface area contributed by atoms with Crippen molar-refractivity contribution >= 4 is 17.7 Å². The number of nitrogens with one attached hydrogen (secondary N) is 3. The van der Waals surface area contributed by atoms with Gasteiger partial charge in [-0.2, -0.15) is 0 Å². The Bertz CT molecular complexity index is 770. The van der Waals surface area contributed by atoms with Gasteiger partial charge in [0.25, 0.3) is 11.8 Å². The van der Waals surface area contributed by atoms with Crippen LogP contribution in [0.2, 0.25) is 0 Å². The van der Waals surface area contributed by atoms with Crippen LogP contribution in [0.5, 0.6) is 5.75 Å². The highest BCUT2D eigenvalue weighted by Gasteiger charge is 2.09. The number of amides is 3. The van der Waals surface area contributed by atoms with Gasteiger partial charge in [-0.15, -0.1) is 0 Å². The molecule has 0 fully saturated rings. The Labute approximate surface area is 151 Å². The first kappa shape index (κ1) is 19.0. The average molecular weight is 355 g/mol. The molecule has 2 aromatic carbocycles. The van der Waals surface area contributed by atoms with E-state index in [0.29, 0.717) is 30.0 Å². The SMILES string of the molecule is CCOc1ccc(C(=O)NNC(=O)c2ccc(CNC(C)=O)cc2)cc1. The van der Waals surface area contributed by atoms with Crippen LogP contribution in [-0.2, 0) is 11.3 Å². The number of rotatable bonds is 6. The lowest BCUT2D eigenvalue weighted by Gasteiger charge is -2.09. The summed E-state index contributed by atoms with van der Waals surface area (Å²) in [6.45, 7) is 4.26. The molecule has 3 N–H and O–H groups in total. The molecule has 0 aliphatic rings. The van der Waals surface area contributed by atoms with Crippen molar-refractivity contribution in [3.63, 3.8) is 0 Å². The fraction of sp³-hybridized carbons (Fsp3) is 0.211. The third-order valence-corrected chi connectivity index (χ3v) is 3.47. The zero-order chi connectivity index (χ0) is 18.9. The summed E-state index contributed by atoms with van der Waals surface area (Å²) in [5.41, 5.74) is 6.40. The summed E-state index contributed by atoms with van der Waals surface area (Å²) in [6.07, 6.45) is 0. The Morgan fingerprint density at radius 3 is 1.81 bits per heavy atom. The van der Waals surface area contributed by atoms with Gasteiger partial charge in [-0.3, -0.25) is 25.2 Å². The molecule has 136 valence electrons. The normalized spacial score (nSPS) is 9.92. The van der Waals surface area contributed by atoms with E-state index in [2.05, 4.69) is 16.2 Å². The molecule has 2 rings (SSSR count). The van der Waals surface area contributed by atoms with Crippen molar-refractivity contribution in [2.45, 2.75) is 20.4 Å². The highest BCUT2D eigenvalue weighted by atomic mass is 16.5. The molecule has 0 aromatic heterocycles. The minimum Gasteiger partial charge on any atom is -0.494 e. The van der Waals surface area contributed by atoms with Gasteiger partial charge in [0.1, 0.15) is 5.75 Å². The quantitative estimate of drug-likeness (QED) is 0.689. The summed E-state index contributed by atoms with van der Waals surface area (Å²) in [5.74, 6) is -0.310. The van der Waals surface area contributed by atoms with Gasteiger partial charge in [0.15, 0.2) is 0 Å². The number of hydrazine groups is 1. The Morgan fingerprint density at radius 1 is 0.846 bits per heavy atom. The van der Waals surface area contributed by atoms with Crippen LogP contribution in [0.25, 0.3) is 0 Å². The Hall–Kier alpha value is -3.35. The van der Waals surface area contributed by atoms with Crippen molar-refractivity contribution in [2.75, 3.05) is 6.61 Å². The van der Waals surface area contributed by atoms with E-state index in [1.165, 1.54) is 6.92 Å². The van der Waals surface area contributed by atoms with Gasteiger partial charge in [-0.05, 0) is 48.9 Å². The highest BCUT2D eigenvalue weighted by Crippen LogP contribution is 2.11. The number of hydrogen-bond donors (Lipinski definition) is 3. The minimum atomic E-state index is -0.435. The molecule has 7 heteroatoms. The second-order valence-corrected chi connectivity index (χ2v) is 5.47. The molecule has 3 amide bonds. The number of benzene rings is 2. The molecule has 0 heterocycles. The Kier molecular flexibility index (Phi) is 6.73. The maximum absolute atomic E-state index is 12.1. The standard InChI is InChI=1S/C19H21N3O4/c1-3-26-17-10-8-16(9-11-17)19(25)22-21-18(24)15-6-4-14(5-7-15)12-20-13(2)23/h4-11H,3,12H2,1-2H3,(H,20,23)(H,21,24)(H,22,25). The Balaban J connectivity index is 1.87. The van der Waals surface area contributed by atoms with E-state index in [1.807, 2.05) is 6.92 Å². The van der Waals surface area contributed by atoms with E-state index in [0.717, 1.165) is 5.56 Å². The van der Waals surface area contributed by atoms with Gasteiger partial charge in [0.05, 0.1) is 6.61 Å². The van der Waals surface area contributed by atoms with Crippen molar-refractivity contribution in [1.29, 1.82) is 0 Å². The first-order valence-electron chi connectivity index (χ1n) is 8.16. The number of carbonyl (C=O) groups is 3. The summed E-state index contributed by atoms with van der Waals surface area (Å²) in [6, 6.07) is 13.3. The second-order valence-electron chi connectivity index (χ2n) is 5.47. The molecule has 7 nitrogen and oxygen atoms in total. The summed E-state index contributed by atoms with van der Waals surface area (Å²) >= 11 is 0. The molecule has 0 atom stereocenters. The number of hydrogen-bond acceptors (Lipinski definition) is 4. The summed E-state index contributed by atoms with van der Waals surface area (Å²) in [4.78, 5) is 35.0. The molecule has 0 saturated carbocycles. The number of carbonyl (C=O) groups excluding carboxylic acids is 3. The smallest absolute Gasteiger partial charge is 0.269 e. The first-order chi connectivity index (χ1) is 12.5. The molecular formula is C19H21N3O4. The fourth-order valence-electron chi connectivity index (χ4n) is 2.13. The van der Waals surface area contributed by atoms with Crippen molar-refractivity contribution < 1.29 is 19.1 Å². The molecule has 26 heavy (non-hydrogen) atoms. The molecule has 2 aromatic rings. The molecule has 0 aliphatic heterocycles.